The highest BCUT2D eigenvalue weighted by molar-refractivity contribution is 9.10. The number of hydrogen-bond donors (Lipinski definition) is 2. The zero-order valence-corrected chi connectivity index (χ0v) is 16.5. The summed E-state index contributed by atoms with van der Waals surface area (Å²) in [7, 11) is 0. The zero-order valence-electron chi connectivity index (χ0n) is 14.9. The molecule has 28 heavy (non-hydrogen) atoms. The smallest absolute Gasteiger partial charge is 0.341 e. The molecule has 0 radical (unpaired) electrons. The number of ether oxygens (including phenoxy) is 1. The van der Waals surface area contributed by atoms with Crippen LogP contribution in [-0.4, -0.2) is 27.9 Å². The summed E-state index contributed by atoms with van der Waals surface area (Å²) in [5.74, 6) is -0.975. The van der Waals surface area contributed by atoms with Gasteiger partial charge in [0.05, 0.1) is 16.8 Å². The molecule has 0 aliphatic rings. The molecule has 0 bridgehead atoms. The van der Waals surface area contributed by atoms with Crippen LogP contribution >= 0.6 is 15.9 Å². The predicted octanol–water partition coefficient (Wildman–Crippen LogP) is 4.66. The Bertz CT molecular complexity index is 1200. The third-order valence-electron chi connectivity index (χ3n) is 4.42. The van der Waals surface area contributed by atoms with Gasteiger partial charge in [0, 0.05) is 33.2 Å². The molecule has 0 fully saturated rings. The molecule has 2 aromatic carbocycles. The summed E-state index contributed by atoms with van der Waals surface area (Å²) in [5.41, 5.74) is 2.59. The van der Waals surface area contributed by atoms with E-state index in [9.17, 15) is 9.59 Å². The SMILES string of the molecule is CC(OC(=O)c1c[nH]c2ccc(Br)cc12)C(=O)Nc1cccc2ncccc12. The average molecular weight is 438 g/mol. The maximum absolute atomic E-state index is 12.6. The van der Waals surface area contributed by atoms with E-state index >= 15 is 0 Å². The fraction of sp³-hybridized carbons (Fsp3) is 0.0952. The van der Waals surface area contributed by atoms with Crippen LogP contribution in [0.1, 0.15) is 17.3 Å². The Morgan fingerprint density at radius 2 is 2.00 bits per heavy atom. The minimum Gasteiger partial charge on any atom is -0.449 e. The van der Waals surface area contributed by atoms with Gasteiger partial charge < -0.3 is 15.0 Å². The summed E-state index contributed by atoms with van der Waals surface area (Å²) < 4.78 is 6.24. The minimum absolute atomic E-state index is 0.380. The van der Waals surface area contributed by atoms with Crippen molar-refractivity contribution >= 4 is 55.3 Å². The first-order valence-corrected chi connectivity index (χ1v) is 9.44. The molecule has 2 heterocycles. The highest BCUT2D eigenvalue weighted by atomic mass is 79.9. The summed E-state index contributed by atoms with van der Waals surface area (Å²) >= 11 is 3.40. The van der Waals surface area contributed by atoms with E-state index in [1.54, 1.807) is 31.5 Å². The van der Waals surface area contributed by atoms with Crippen molar-refractivity contribution in [2.45, 2.75) is 13.0 Å². The topological polar surface area (TPSA) is 84.1 Å². The van der Waals surface area contributed by atoms with Crippen molar-refractivity contribution in [3.05, 3.63) is 71.0 Å². The van der Waals surface area contributed by atoms with E-state index < -0.39 is 18.0 Å². The van der Waals surface area contributed by atoms with Gasteiger partial charge in [-0.15, -0.1) is 0 Å². The van der Waals surface area contributed by atoms with Crippen molar-refractivity contribution in [3.63, 3.8) is 0 Å². The second-order valence-corrected chi connectivity index (χ2v) is 7.22. The number of hydrogen-bond acceptors (Lipinski definition) is 4. The number of esters is 1. The molecule has 0 aliphatic heterocycles. The minimum atomic E-state index is -0.962. The molecule has 0 aliphatic carbocycles. The van der Waals surface area contributed by atoms with Crippen molar-refractivity contribution in [1.29, 1.82) is 0 Å². The van der Waals surface area contributed by atoms with Crippen LogP contribution in [0.3, 0.4) is 0 Å². The highest BCUT2D eigenvalue weighted by Gasteiger charge is 2.21. The zero-order chi connectivity index (χ0) is 19.7. The van der Waals surface area contributed by atoms with Crippen LogP contribution in [0.2, 0.25) is 0 Å². The van der Waals surface area contributed by atoms with E-state index in [4.69, 9.17) is 4.74 Å². The number of pyridine rings is 1. The standard InChI is InChI=1S/C21H16BrN3O3/c1-12(20(26)25-19-6-2-5-17-14(19)4-3-9-23-17)28-21(27)16-11-24-18-8-7-13(22)10-15(16)18/h2-12,24H,1H3,(H,25,26). The number of rotatable bonds is 4. The molecule has 7 heteroatoms. The lowest BCUT2D eigenvalue weighted by Crippen LogP contribution is -2.30. The van der Waals surface area contributed by atoms with E-state index in [1.807, 2.05) is 36.4 Å². The lowest BCUT2D eigenvalue weighted by molar-refractivity contribution is -0.123. The van der Waals surface area contributed by atoms with Gasteiger partial charge in [-0.25, -0.2) is 4.79 Å². The molecular weight excluding hydrogens is 422 g/mol. The van der Waals surface area contributed by atoms with Crippen molar-refractivity contribution in [3.8, 4) is 0 Å². The summed E-state index contributed by atoms with van der Waals surface area (Å²) in [6, 6.07) is 14.7. The molecule has 0 saturated carbocycles. The van der Waals surface area contributed by atoms with Gasteiger partial charge in [-0.05, 0) is 49.4 Å². The molecular formula is C21H16BrN3O3. The van der Waals surface area contributed by atoms with Gasteiger partial charge >= 0.3 is 5.97 Å². The normalized spacial score (nSPS) is 12.1. The molecule has 6 nitrogen and oxygen atoms in total. The molecule has 4 rings (SSSR count). The molecule has 1 amide bonds. The first kappa shape index (κ1) is 18.2. The number of carbonyl (C=O) groups excluding carboxylic acids is 2. The van der Waals surface area contributed by atoms with Gasteiger partial charge in [0.2, 0.25) is 0 Å². The van der Waals surface area contributed by atoms with Crippen LogP contribution in [0.15, 0.2) is 65.4 Å². The Kier molecular flexibility index (Phi) is 4.83. The number of fused-ring (bicyclic) bond motifs is 2. The third kappa shape index (κ3) is 3.48. The summed E-state index contributed by atoms with van der Waals surface area (Å²) in [4.78, 5) is 32.4. The highest BCUT2D eigenvalue weighted by Crippen LogP contribution is 2.24. The summed E-state index contributed by atoms with van der Waals surface area (Å²) in [6.07, 6.45) is 2.31. The van der Waals surface area contributed by atoms with Crippen molar-refractivity contribution in [2.75, 3.05) is 5.32 Å². The van der Waals surface area contributed by atoms with E-state index in [-0.39, 0.29) is 0 Å². The number of nitrogens with one attached hydrogen (secondary N) is 2. The first-order chi connectivity index (χ1) is 13.5. The van der Waals surface area contributed by atoms with Gasteiger partial charge in [0.25, 0.3) is 5.91 Å². The summed E-state index contributed by atoms with van der Waals surface area (Å²) in [6.45, 7) is 1.54. The second kappa shape index (κ2) is 7.44. The Morgan fingerprint density at radius 3 is 2.86 bits per heavy atom. The molecule has 2 N–H and O–H groups in total. The number of carbonyl (C=O) groups is 2. The fourth-order valence-electron chi connectivity index (χ4n) is 2.99. The Balaban J connectivity index is 1.51. The van der Waals surface area contributed by atoms with Crippen molar-refractivity contribution in [2.24, 2.45) is 0 Å². The number of anilines is 1. The number of aromatic nitrogens is 2. The van der Waals surface area contributed by atoms with Crippen molar-refractivity contribution < 1.29 is 14.3 Å². The lowest BCUT2D eigenvalue weighted by Gasteiger charge is -2.14. The second-order valence-electron chi connectivity index (χ2n) is 6.30. The lowest BCUT2D eigenvalue weighted by atomic mass is 10.1. The maximum atomic E-state index is 12.6. The number of nitrogens with zero attached hydrogens (tertiary/aromatic N) is 1. The fourth-order valence-corrected chi connectivity index (χ4v) is 3.35. The maximum Gasteiger partial charge on any atom is 0.341 e. The van der Waals surface area contributed by atoms with Crippen LogP contribution in [-0.2, 0) is 9.53 Å². The Labute approximate surface area is 169 Å². The van der Waals surface area contributed by atoms with E-state index in [1.165, 1.54) is 0 Å². The third-order valence-corrected chi connectivity index (χ3v) is 4.91. The van der Waals surface area contributed by atoms with E-state index in [2.05, 4.69) is 31.2 Å². The van der Waals surface area contributed by atoms with Crippen LogP contribution in [0.5, 0.6) is 0 Å². The number of amides is 1. The van der Waals surface area contributed by atoms with Crippen LogP contribution in [0.4, 0.5) is 5.69 Å². The van der Waals surface area contributed by atoms with Gasteiger partial charge in [-0.2, -0.15) is 0 Å². The number of benzene rings is 2. The molecule has 0 spiro atoms. The van der Waals surface area contributed by atoms with E-state index in [0.717, 1.165) is 26.3 Å². The molecule has 0 saturated heterocycles. The molecule has 4 aromatic rings. The van der Waals surface area contributed by atoms with Gasteiger partial charge in [0.15, 0.2) is 6.10 Å². The molecule has 140 valence electrons. The van der Waals surface area contributed by atoms with Gasteiger partial charge in [0.1, 0.15) is 0 Å². The number of aromatic amines is 1. The molecule has 1 unspecified atom stereocenters. The van der Waals surface area contributed by atoms with Gasteiger partial charge in [-0.3, -0.25) is 9.78 Å². The summed E-state index contributed by atoms with van der Waals surface area (Å²) in [5, 5.41) is 4.36. The van der Waals surface area contributed by atoms with E-state index in [0.29, 0.717) is 11.3 Å². The molecule has 2 aromatic heterocycles. The first-order valence-electron chi connectivity index (χ1n) is 8.65. The Hall–Kier alpha value is -3.19. The quantitative estimate of drug-likeness (QED) is 0.454. The van der Waals surface area contributed by atoms with Crippen LogP contribution < -0.4 is 5.32 Å². The van der Waals surface area contributed by atoms with Gasteiger partial charge in [-0.1, -0.05) is 22.0 Å². The Morgan fingerprint density at radius 1 is 1.14 bits per heavy atom. The average Bonchev–Trinajstić information content (AvgIpc) is 3.11. The largest absolute Gasteiger partial charge is 0.449 e. The van der Waals surface area contributed by atoms with Crippen molar-refractivity contribution in [1.82, 2.24) is 9.97 Å². The van der Waals surface area contributed by atoms with Crippen LogP contribution in [0, 0.1) is 0 Å². The number of halogens is 1. The molecule has 1 atom stereocenters. The monoisotopic (exact) mass is 437 g/mol. The van der Waals surface area contributed by atoms with Crippen LogP contribution in [0.25, 0.3) is 21.8 Å². The predicted molar refractivity (Wildman–Crippen MR) is 111 cm³/mol. The number of H-pyrrole nitrogens is 1.